The predicted octanol–water partition coefficient (Wildman–Crippen LogP) is 3.22. The Hall–Kier alpha value is -1.60. The molecule has 5 nitrogen and oxygen atoms in total. The third-order valence-corrected chi connectivity index (χ3v) is 4.19. The van der Waals surface area contributed by atoms with E-state index < -0.39 is 0 Å². The quantitative estimate of drug-likeness (QED) is 0.802. The SMILES string of the molecule is CCNc1snnc1CSc1ccc(NC(C)=O)cc1. The first-order chi connectivity index (χ1) is 9.69. The molecule has 0 atom stereocenters. The molecule has 0 spiro atoms. The van der Waals surface area contributed by atoms with E-state index in [-0.39, 0.29) is 5.91 Å². The monoisotopic (exact) mass is 308 g/mol. The topological polar surface area (TPSA) is 66.9 Å². The maximum atomic E-state index is 10.9. The molecule has 0 aliphatic carbocycles. The fourth-order valence-corrected chi connectivity index (χ4v) is 3.16. The number of nitrogens with one attached hydrogen (secondary N) is 2. The third-order valence-electron chi connectivity index (χ3n) is 2.44. The van der Waals surface area contributed by atoms with E-state index in [9.17, 15) is 4.79 Å². The molecule has 1 aromatic heterocycles. The van der Waals surface area contributed by atoms with E-state index in [0.29, 0.717) is 0 Å². The van der Waals surface area contributed by atoms with Gasteiger partial charge in [-0.1, -0.05) is 4.49 Å². The van der Waals surface area contributed by atoms with Crippen molar-refractivity contribution < 1.29 is 4.79 Å². The number of thioether (sulfide) groups is 1. The molecule has 0 fully saturated rings. The Bertz CT molecular complexity index is 568. The summed E-state index contributed by atoms with van der Waals surface area (Å²) in [6.45, 7) is 4.42. The zero-order valence-corrected chi connectivity index (χ0v) is 13.0. The highest BCUT2D eigenvalue weighted by Gasteiger charge is 2.07. The fraction of sp³-hybridized carbons (Fsp3) is 0.308. The second kappa shape index (κ2) is 7.25. The molecule has 2 N–H and O–H groups in total. The summed E-state index contributed by atoms with van der Waals surface area (Å²) in [5, 5.41) is 11.2. The summed E-state index contributed by atoms with van der Waals surface area (Å²) in [7, 11) is 0. The number of rotatable bonds is 6. The van der Waals surface area contributed by atoms with Gasteiger partial charge in [-0.25, -0.2) is 0 Å². The van der Waals surface area contributed by atoms with Crippen LogP contribution in [-0.4, -0.2) is 22.0 Å². The smallest absolute Gasteiger partial charge is 0.221 e. The molecule has 1 amide bonds. The van der Waals surface area contributed by atoms with Crippen molar-refractivity contribution in [3.05, 3.63) is 30.0 Å². The van der Waals surface area contributed by atoms with Gasteiger partial charge >= 0.3 is 0 Å². The average molecular weight is 308 g/mol. The van der Waals surface area contributed by atoms with E-state index in [2.05, 4.69) is 27.1 Å². The van der Waals surface area contributed by atoms with Gasteiger partial charge in [0.25, 0.3) is 0 Å². The number of carbonyl (C=O) groups excluding carboxylic acids is 1. The number of nitrogens with zero attached hydrogens (tertiary/aromatic N) is 2. The van der Waals surface area contributed by atoms with Gasteiger partial charge in [-0.05, 0) is 31.2 Å². The average Bonchev–Trinajstić information content (AvgIpc) is 2.85. The normalized spacial score (nSPS) is 10.3. The van der Waals surface area contributed by atoms with E-state index in [1.807, 2.05) is 24.3 Å². The van der Waals surface area contributed by atoms with Crippen molar-refractivity contribution in [3.63, 3.8) is 0 Å². The van der Waals surface area contributed by atoms with Crippen LogP contribution in [0.4, 0.5) is 10.7 Å². The minimum absolute atomic E-state index is 0.0609. The minimum Gasteiger partial charge on any atom is -0.374 e. The van der Waals surface area contributed by atoms with Gasteiger partial charge in [0.1, 0.15) is 10.7 Å². The first kappa shape index (κ1) is 14.8. The second-order valence-corrected chi connectivity index (χ2v) is 5.88. The highest BCUT2D eigenvalue weighted by atomic mass is 32.2. The summed E-state index contributed by atoms with van der Waals surface area (Å²) in [5.74, 6) is 0.715. The number of hydrogen-bond acceptors (Lipinski definition) is 6. The van der Waals surface area contributed by atoms with Gasteiger partial charge in [-0.3, -0.25) is 4.79 Å². The molecule has 7 heteroatoms. The first-order valence-electron chi connectivity index (χ1n) is 6.24. The van der Waals surface area contributed by atoms with Crippen molar-refractivity contribution in [1.82, 2.24) is 9.59 Å². The molecular weight excluding hydrogens is 292 g/mol. The Morgan fingerprint density at radius 3 is 2.75 bits per heavy atom. The summed E-state index contributed by atoms with van der Waals surface area (Å²) in [4.78, 5) is 12.1. The standard InChI is InChI=1S/C13H16N4OS2/c1-3-14-13-12(16-17-20-13)8-19-11-6-4-10(5-7-11)15-9(2)18/h4-7,14H,3,8H2,1-2H3,(H,15,18). The van der Waals surface area contributed by atoms with Gasteiger partial charge in [0.15, 0.2) is 0 Å². The molecule has 2 rings (SSSR count). The van der Waals surface area contributed by atoms with Crippen LogP contribution >= 0.6 is 23.3 Å². The highest BCUT2D eigenvalue weighted by molar-refractivity contribution is 7.98. The van der Waals surface area contributed by atoms with Crippen LogP contribution in [0.5, 0.6) is 0 Å². The Morgan fingerprint density at radius 2 is 2.10 bits per heavy atom. The first-order valence-corrected chi connectivity index (χ1v) is 8.00. The Labute approximate surface area is 126 Å². The zero-order chi connectivity index (χ0) is 14.4. The number of amides is 1. The van der Waals surface area contributed by atoms with Gasteiger partial charge in [-0.15, -0.1) is 16.9 Å². The lowest BCUT2D eigenvalue weighted by Crippen LogP contribution is -2.05. The molecule has 2 aromatic rings. The van der Waals surface area contributed by atoms with Crippen LogP contribution in [0, 0.1) is 0 Å². The van der Waals surface area contributed by atoms with Gasteiger partial charge in [0.05, 0.1) is 0 Å². The van der Waals surface area contributed by atoms with E-state index in [1.54, 1.807) is 11.8 Å². The Morgan fingerprint density at radius 1 is 1.35 bits per heavy atom. The molecule has 0 saturated carbocycles. The molecule has 0 aliphatic rings. The Balaban J connectivity index is 1.93. The van der Waals surface area contributed by atoms with Crippen molar-refractivity contribution in [3.8, 4) is 0 Å². The Kier molecular flexibility index (Phi) is 5.37. The van der Waals surface area contributed by atoms with E-state index in [4.69, 9.17) is 0 Å². The van der Waals surface area contributed by atoms with E-state index >= 15 is 0 Å². The lowest BCUT2D eigenvalue weighted by atomic mass is 10.3. The van der Waals surface area contributed by atoms with Crippen LogP contribution in [0.1, 0.15) is 19.5 Å². The van der Waals surface area contributed by atoms with Gasteiger partial charge in [0, 0.05) is 41.3 Å². The number of carbonyl (C=O) groups is 1. The van der Waals surface area contributed by atoms with Crippen molar-refractivity contribution in [1.29, 1.82) is 0 Å². The molecule has 1 aromatic carbocycles. The number of anilines is 2. The number of benzene rings is 1. The lowest BCUT2D eigenvalue weighted by molar-refractivity contribution is -0.114. The highest BCUT2D eigenvalue weighted by Crippen LogP contribution is 2.28. The van der Waals surface area contributed by atoms with Crippen molar-refractivity contribution in [2.75, 3.05) is 17.2 Å². The molecule has 20 heavy (non-hydrogen) atoms. The van der Waals surface area contributed by atoms with Crippen molar-refractivity contribution in [2.45, 2.75) is 24.5 Å². The lowest BCUT2D eigenvalue weighted by Gasteiger charge is -2.05. The molecule has 1 heterocycles. The summed E-state index contributed by atoms with van der Waals surface area (Å²) >= 11 is 3.08. The third kappa shape index (κ3) is 4.21. The maximum absolute atomic E-state index is 10.9. The van der Waals surface area contributed by atoms with Gasteiger partial charge < -0.3 is 10.6 Å². The van der Waals surface area contributed by atoms with Crippen LogP contribution < -0.4 is 10.6 Å². The predicted molar refractivity (Wildman–Crippen MR) is 84.4 cm³/mol. The molecule has 106 valence electrons. The molecular formula is C13H16N4OS2. The van der Waals surface area contributed by atoms with E-state index in [1.165, 1.54) is 18.5 Å². The largest absolute Gasteiger partial charge is 0.374 e. The molecule has 0 bridgehead atoms. The van der Waals surface area contributed by atoms with Crippen LogP contribution in [0.15, 0.2) is 29.2 Å². The van der Waals surface area contributed by atoms with Crippen LogP contribution in [0.2, 0.25) is 0 Å². The molecule has 0 radical (unpaired) electrons. The van der Waals surface area contributed by atoms with Crippen LogP contribution in [0.25, 0.3) is 0 Å². The summed E-state index contributed by atoms with van der Waals surface area (Å²) in [6, 6.07) is 7.77. The van der Waals surface area contributed by atoms with Crippen LogP contribution in [-0.2, 0) is 10.5 Å². The maximum Gasteiger partial charge on any atom is 0.221 e. The fourth-order valence-electron chi connectivity index (χ4n) is 1.59. The summed E-state index contributed by atoms with van der Waals surface area (Å²) < 4.78 is 3.97. The molecule has 0 unspecified atom stereocenters. The molecule has 0 aliphatic heterocycles. The molecule has 0 saturated heterocycles. The van der Waals surface area contributed by atoms with E-state index in [0.717, 1.165) is 33.6 Å². The van der Waals surface area contributed by atoms with Crippen LogP contribution in [0.3, 0.4) is 0 Å². The summed E-state index contributed by atoms with van der Waals surface area (Å²) in [5.41, 5.74) is 1.79. The second-order valence-electron chi connectivity index (χ2n) is 4.07. The van der Waals surface area contributed by atoms with Gasteiger partial charge in [-0.2, -0.15) is 0 Å². The van der Waals surface area contributed by atoms with Gasteiger partial charge in [0.2, 0.25) is 5.91 Å². The number of aromatic nitrogens is 2. The van der Waals surface area contributed by atoms with Crippen molar-refractivity contribution in [2.24, 2.45) is 0 Å². The summed E-state index contributed by atoms with van der Waals surface area (Å²) in [6.07, 6.45) is 0. The number of hydrogen-bond donors (Lipinski definition) is 2. The zero-order valence-electron chi connectivity index (χ0n) is 11.3. The van der Waals surface area contributed by atoms with Crippen molar-refractivity contribution >= 4 is 39.9 Å². The minimum atomic E-state index is -0.0609.